The largest absolute Gasteiger partial charge is 0.376 e. The first-order valence-corrected chi connectivity index (χ1v) is 11.8. The van der Waals surface area contributed by atoms with Crippen molar-refractivity contribution in [1.29, 1.82) is 0 Å². The third kappa shape index (κ3) is 3.28. The topological polar surface area (TPSA) is 63.6 Å². The lowest BCUT2D eigenvalue weighted by molar-refractivity contribution is -0.134. The Bertz CT molecular complexity index is 923. The number of thiophene rings is 1. The number of nitrogens with zero attached hydrogens (tertiary/aromatic N) is 2. The zero-order valence-electron chi connectivity index (χ0n) is 17.0. The number of rotatable bonds is 4. The standard InChI is InChI=1S/C22H29N3O3S/c1-22(21(27)23-15-6-3-2-4-7-15)14-24-17-9-11-29-19(17)12-18(24)20(26)25(22)13-16-8-5-10-28-16/h9,11-12,15-16H,2-8,10,13-14H2,1H3,(H,23,27). The number of nitrogens with one attached hydrogen (secondary N) is 1. The van der Waals surface area contributed by atoms with Crippen molar-refractivity contribution in [1.82, 2.24) is 14.8 Å². The summed E-state index contributed by atoms with van der Waals surface area (Å²) >= 11 is 1.64. The van der Waals surface area contributed by atoms with Gasteiger partial charge >= 0.3 is 0 Å². The Balaban J connectivity index is 1.49. The van der Waals surface area contributed by atoms with E-state index in [9.17, 15) is 9.59 Å². The van der Waals surface area contributed by atoms with Gasteiger partial charge in [0.25, 0.3) is 5.91 Å². The molecule has 2 fully saturated rings. The Kier molecular flexibility index (Phi) is 4.90. The van der Waals surface area contributed by atoms with E-state index in [0.717, 1.165) is 55.3 Å². The first-order valence-electron chi connectivity index (χ1n) is 10.9. The van der Waals surface area contributed by atoms with E-state index >= 15 is 0 Å². The molecule has 2 amide bonds. The maximum absolute atomic E-state index is 13.6. The molecule has 2 aliphatic heterocycles. The van der Waals surface area contributed by atoms with Crippen molar-refractivity contribution in [2.45, 2.75) is 76.1 Å². The summed E-state index contributed by atoms with van der Waals surface area (Å²) in [5.74, 6) is -0.0880. The minimum absolute atomic E-state index is 0.0170. The maximum Gasteiger partial charge on any atom is 0.271 e. The molecule has 0 spiro atoms. The second-order valence-electron chi connectivity index (χ2n) is 8.92. The molecule has 0 bridgehead atoms. The van der Waals surface area contributed by atoms with Gasteiger partial charge in [-0.2, -0.15) is 0 Å². The van der Waals surface area contributed by atoms with Crippen LogP contribution < -0.4 is 5.32 Å². The number of ether oxygens (including phenoxy) is 1. The molecule has 4 heterocycles. The van der Waals surface area contributed by atoms with Crippen molar-refractivity contribution >= 4 is 33.4 Å². The van der Waals surface area contributed by atoms with E-state index in [2.05, 4.69) is 5.32 Å². The Morgan fingerprint density at radius 2 is 2.10 bits per heavy atom. The highest BCUT2D eigenvalue weighted by atomic mass is 32.1. The van der Waals surface area contributed by atoms with Crippen LogP contribution in [0.1, 0.15) is 62.4 Å². The lowest BCUT2D eigenvalue weighted by Crippen LogP contribution is -2.66. The molecule has 2 aromatic heterocycles. The molecule has 1 saturated heterocycles. The van der Waals surface area contributed by atoms with Gasteiger partial charge in [-0.25, -0.2) is 0 Å². The first kappa shape index (κ1) is 19.1. The summed E-state index contributed by atoms with van der Waals surface area (Å²) in [5, 5.41) is 5.33. The molecule has 29 heavy (non-hydrogen) atoms. The molecule has 1 aliphatic carbocycles. The van der Waals surface area contributed by atoms with Gasteiger partial charge in [0, 0.05) is 19.2 Å². The van der Waals surface area contributed by atoms with Crippen LogP contribution in [-0.4, -0.2) is 52.1 Å². The summed E-state index contributed by atoms with van der Waals surface area (Å²) in [4.78, 5) is 28.9. The molecule has 0 radical (unpaired) electrons. The predicted octanol–water partition coefficient (Wildman–Crippen LogP) is 3.55. The number of fused-ring (bicyclic) bond motifs is 3. The van der Waals surface area contributed by atoms with Gasteiger partial charge in [-0.15, -0.1) is 11.3 Å². The SMILES string of the molecule is CC1(C(=O)NC2CCCCC2)Cn2c(cc3sccc32)C(=O)N1CC1CCCO1. The third-order valence-corrected chi connectivity index (χ3v) is 7.74. The van der Waals surface area contributed by atoms with E-state index in [1.54, 1.807) is 16.2 Å². The maximum atomic E-state index is 13.6. The van der Waals surface area contributed by atoms with Crippen molar-refractivity contribution in [3.63, 3.8) is 0 Å². The van der Waals surface area contributed by atoms with Crippen LogP contribution >= 0.6 is 11.3 Å². The van der Waals surface area contributed by atoms with Crippen LogP contribution in [0.3, 0.4) is 0 Å². The van der Waals surface area contributed by atoms with E-state index in [-0.39, 0.29) is 24.0 Å². The molecule has 5 rings (SSSR count). The van der Waals surface area contributed by atoms with Crippen molar-refractivity contribution in [2.75, 3.05) is 13.2 Å². The molecule has 1 N–H and O–H groups in total. The van der Waals surface area contributed by atoms with Crippen molar-refractivity contribution in [2.24, 2.45) is 0 Å². The minimum atomic E-state index is -0.915. The van der Waals surface area contributed by atoms with Gasteiger partial charge < -0.3 is 19.5 Å². The zero-order chi connectivity index (χ0) is 20.0. The minimum Gasteiger partial charge on any atom is -0.376 e. The normalized spacial score (nSPS) is 28.1. The van der Waals surface area contributed by atoms with Crippen LogP contribution in [0.25, 0.3) is 10.2 Å². The molecular weight excluding hydrogens is 386 g/mol. The molecule has 7 heteroatoms. The lowest BCUT2D eigenvalue weighted by Gasteiger charge is -2.45. The number of aromatic nitrogens is 1. The van der Waals surface area contributed by atoms with Gasteiger partial charge in [-0.3, -0.25) is 9.59 Å². The summed E-state index contributed by atoms with van der Waals surface area (Å²) in [6.45, 7) is 3.63. The lowest BCUT2D eigenvalue weighted by atomic mass is 9.91. The van der Waals surface area contributed by atoms with E-state index in [4.69, 9.17) is 4.74 Å². The third-order valence-electron chi connectivity index (χ3n) is 6.89. The van der Waals surface area contributed by atoms with Gasteiger partial charge in [0.05, 0.1) is 22.9 Å². The molecule has 1 saturated carbocycles. The van der Waals surface area contributed by atoms with Gasteiger partial charge in [0.1, 0.15) is 11.2 Å². The summed E-state index contributed by atoms with van der Waals surface area (Å²) in [6, 6.07) is 4.25. The quantitative estimate of drug-likeness (QED) is 0.831. The fraction of sp³-hybridized carbons (Fsp3) is 0.636. The van der Waals surface area contributed by atoms with Gasteiger partial charge in [-0.1, -0.05) is 19.3 Å². The molecule has 0 aromatic carbocycles. The highest BCUT2D eigenvalue weighted by Gasteiger charge is 2.49. The van der Waals surface area contributed by atoms with Crippen molar-refractivity contribution in [3.8, 4) is 0 Å². The number of amides is 2. The molecule has 156 valence electrons. The second kappa shape index (κ2) is 7.43. The van der Waals surface area contributed by atoms with E-state index in [1.807, 2.05) is 29.0 Å². The smallest absolute Gasteiger partial charge is 0.271 e. The molecule has 3 aliphatic rings. The highest BCUT2D eigenvalue weighted by Crippen LogP contribution is 2.35. The Hall–Kier alpha value is -1.86. The monoisotopic (exact) mass is 415 g/mol. The van der Waals surface area contributed by atoms with Crippen LogP contribution in [0, 0.1) is 0 Å². The number of carbonyl (C=O) groups excluding carboxylic acids is 2. The first-order chi connectivity index (χ1) is 14.1. The summed E-state index contributed by atoms with van der Waals surface area (Å²) in [5.41, 5.74) is 0.820. The van der Waals surface area contributed by atoms with E-state index in [0.29, 0.717) is 18.8 Å². The van der Waals surface area contributed by atoms with Crippen molar-refractivity contribution < 1.29 is 14.3 Å². The van der Waals surface area contributed by atoms with Crippen molar-refractivity contribution in [3.05, 3.63) is 23.2 Å². The zero-order valence-corrected chi connectivity index (χ0v) is 17.8. The second-order valence-corrected chi connectivity index (χ2v) is 9.87. The fourth-order valence-corrected chi connectivity index (χ4v) is 5.96. The summed E-state index contributed by atoms with van der Waals surface area (Å²) < 4.78 is 8.97. The van der Waals surface area contributed by atoms with Crippen LogP contribution in [0.15, 0.2) is 17.5 Å². The Labute approximate surface area is 175 Å². The van der Waals surface area contributed by atoms with Gasteiger partial charge in [0.2, 0.25) is 5.91 Å². The molecule has 2 atom stereocenters. The summed E-state index contributed by atoms with van der Waals surface area (Å²) in [6.07, 6.45) is 7.62. The van der Waals surface area contributed by atoms with E-state index in [1.165, 1.54) is 6.42 Å². The van der Waals surface area contributed by atoms with Crippen LogP contribution in [0.4, 0.5) is 0 Å². The average molecular weight is 416 g/mol. The fourth-order valence-electron chi connectivity index (χ4n) is 5.14. The Morgan fingerprint density at radius 3 is 2.86 bits per heavy atom. The van der Waals surface area contributed by atoms with Crippen LogP contribution in [0.5, 0.6) is 0 Å². The number of hydrogen-bond donors (Lipinski definition) is 1. The molecular formula is C22H29N3O3S. The van der Waals surface area contributed by atoms with E-state index < -0.39 is 5.54 Å². The van der Waals surface area contributed by atoms with Gasteiger partial charge in [-0.05, 0) is 50.1 Å². The van der Waals surface area contributed by atoms with Crippen LogP contribution in [0.2, 0.25) is 0 Å². The average Bonchev–Trinajstić information content (AvgIpc) is 3.45. The molecule has 2 unspecified atom stereocenters. The number of hydrogen-bond acceptors (Lipinski definition) is 4. The molecule has 2 aromatic rings. The highest BCUT2D eigenvalue weighted by molar-refractivity contribution is 7.17. The Morgan fingerprint density at radius 1 is 1.28 bits per heavy atom. The number of carbonyl (C=O) groups is 2. The molecule has 6 nitrogen and oxygen atoms in total. The van der Waals surface area contributed by atoms with Gasteiger partial charge in [0.15, 0.2) is 0 Å². The predicted molar refractivity (Wildman–Crippen MR) is 113 cm³/mol. The van der Waals surface area contributed by atoms with Crippen LogP contribution in [-0.2, 0) is 16.1 Å². The summed E-state index contributed by atoms with van der Waals surface area (Å²) in [7, 11) is 0.